The fourth-order valence-electron chi connectivity index (χ4n) is 5.47. The number of carbonyl (C=O) groups is 1. The zero-order valence-electron chi connectivity index (χ0n) is 18.9. The smallest absolute Gasteiger partial charge is 0.319 e. The third-order valence-corrected chi connectivity index (χ3v) is 6.92. The molecule has 4 rings (SSSR count). The quantitative estimate of drug-likeness (QED) is 0.749. The highest BCUT2D eigenvalue weighted by Crippen LogP contribution is 2.49. The molecule has 32 heavy (non-hydrogen) atoms. The Morgan fingerprint density at radius 3 is 2.75 bits per heavy atom. The molecule has 2 amide bonds. The van der Waals surface area contributed by atoms with Gasteiger partial charge in [0, 0.05) is 30.2 Å². The van der Waals surface area contributed by atoms with Crippen LogP contribution in [0.25, 0.3) is 0 Å². The zero-order valence-corrected chi connectivity index (χ0v) is 18.9. The van der Waals surface area contributed by atoms with Crippen molar-refractivity contribution >= 4 is 11.7 Å². The van der Waals surface area contributed by atoms with Crippen molar-refractivity contribution in [1.29, 1.82) is 5.26 Å². The largest absolute Gasteiger partial charge is 0.493 e. The minimum Gasteiger partial charge on any atom is -0.493 e. The predicted molar refractivity (Wildman–Crippen MR) is 123 cm³/mol. The number of ether oxygens (including phenoxy) is 2. The van der Waals surface area contributed by atoms with E-state index in [1.807, 2.05) is 6.07 Å². The van der Waals surface area contributed by atoms with E-state index in [2.05, 4.69) is 40.8 Å². The number of rotatable bonds is 5. The molecule has 0 spiro atoms. The molecule has 7 heteroatoms. The number of methoxy groups -OCH3 is 2. The van der Waals surface area contributed by atoms with Gasteiger partial charge in [0.1, 0.15) is 0 Å². The van der Waals surface area contributed by atoms with E-state index in [9.17, 15) is 4.79 Å². The van der Waals surface area contributed by atoms with Crippen molar-refractivity contribution < 1.29 is 14.3 Å². The van der Waals surface area contributed by atoms with Crippen LogP contribution in [0.3, 0.4) is 0 Å². The van der Waals surface area contributed by atoms with Crippen LogP contribution in [0, 0.1) is 17.2 Å². The molecule has 0 radical (unpaired) electrons. The number of nitriles is 1. The number of hydrogen-bond donors (Lipinski definition) is 2. The van der Waals surface area contributed by atoms with Crippen LogP contribution in [0.5, 0.6) is 11.5 Å². The van der Waals surface area contributed by atoms with Crippen molar-refractivity contribution in [3.8, 4) is 17.6 Å². The molecule has 168 valence electrons. The monoisotopic (exact) mass is 434 g/mol. The number of carbonyl (C=O) groups excluding carboxylic acids is 1. The molecule has 7 nitrogen and oxygen atoms in total. The Morgan fingerprint density at radius 1 is 1.19 bits per heavy atom. The zero-order chi connectivity index (χ0) is 22.7. The molecule has 0 bridgehead atoms. The molecule has 3 atom stereocenters. The number of amides is 2. The average Bonchev–Trinajstić information content (AvgIpc) is 3.14. The Bertz CT molecular complexity index is 1030. The number of nitrogens with one attached hydrogen (secondary N) is 2. The SMILES string of the molecule is COc1ccc([C@]23CC[C@H](NC(=O)Nc4cccc(C#N)c4)C[C@@H]2CN(C)C3)cc1OC. The van der Waals surface area contributed by atoms with Gasteiger partial charge in [-0.2, -0.15) is 5.26 Å². The Morgan fingerprint density at radius 2 is 2.00 bits per heavy atom. The maximum absolute atomic E-state index is 12.6. The fraction of sp³-hybridized carbons (Fsp3) is 0.440. The van der Waals surface area contributed by atoms with E-state index < -0.39 is 0 Å². The van der Waals surface area contributed by atoms with E-state index in [-0.39, 0.29) is 17.5 Å². The molecule has 1 aliphatic carbocycles. The molecule has 0 unspecified atom stereocenters. The summed E-state index contributed by atoms with van der Waals surface area (Å²) >= 11 is 0. The lowest BCUT2D eigenvalue weighted by molar-refractivity contribution is 0.197. The second-order valence-corrected chi connectivity index (χ2v) is 8.88. The summed E-state index contributed by atoms with van der Waals surface area (Å²) in [7, 11) is 5.49. The molecular formula is C25H30N4O3. The number of urea groups is 1. The Labute approximate surface area is 189 Å². The van der Waals surface area contributed by atoms with E-state index in [1.54, 1.807) is 38.5 Å². The van der Waals surface area contributed by atoms with Crippen LogP contribution in [0.2, 0.25) is 0 Å². The highest BCUT2D eigenvalue weighted by atomic mass is 16.5. The van der Waals surface area contributed by atoms with Crippen molar-refractivity contribution in [3.63, 3.8) is 0 Å². The fourth-order valence-corrected chi connectivity index (χ4v) is 5.47. The average molecular weight is 435 g/mol. The number of likely N-dealkylation sites (tertiary alicyclic amines) is 1. The molecule has 1 heterocycles. The first-order valence-corrected chi connectivity index (χ1v) is 11.0. The van der Waals surface area contributed by atoms with Crippen LogP contribution in [0.1, 0.15) is 30.4 Å². The number of nitrogens with zero attached hydrogens (tertiary/aromatic N) is 2. The first-order valence-electron chi connectivity index (χ1n) is 11.0. The third-order valence-electron chi connectivity index (χ3n) is 6.92. The third kappa shape index (κ3) is 4.23. The second kappa shape index (κ2) is 9.09. The molecule has 1 saturated carbocycles. The molecule has 1 saturated heterocycles. The summed E-state index contributed by atoms with van der Waals surface area (Å²) in [6.45, 7) is 1.99. The molecule has 2 fully saturated rings. The second-order valence-electron chi connectivity index (χ2n) is 8.88. The van der Waals surface area contributed by atoms with Crippen LogP contribution in [-0.2, 0) is 5.41 Å². The molecular weight excluding hydrogens is 404 g/mol. The Kier molecular flexibility index (Phi) is 6.24. The molecule has 2 aromatic carbocycles. The van der Waals surface area contributed by atoms with Gasteiger partial charge in [0.25, 0.3) is 0 Å². The molecule has 2 aliphatic rings. The van der Waals surface area contributed by atoms with Crippen LogP contribution in [0.4, 0.5) is 10.5 Å². The molecule has 0 aromatic heterocycles. The van der Waals surface area contributed by atoms with Gasteiger partial charge in [-0.1, -0.05) is 12.1 Å². The van der Waals surface area contributed by atoms with Gasteiger partial charge in [-0.3, -0.25) is 0 Å². The summed E-state index contributed by atoms with van der Waals surface area (Å²) in [6.07, 6.45) is 2.82. The minimum atomic E-state index is -0.227. The van der Waals surface area contributed by atoms with Crippen molar-refractivity contribution in [3.05, 3.63) is 53.6 Å². The van der Waals surface area contributed by atoms with E-state index in [0.29, 0.717) is 17.2 Å². The van der Waals surface area contributed by atoms with Gasteiger partial charge in [0.05, 0.1) is 25.9 Å². The summed E-state index contributed by atoms with van der Waals surface area (Å²) in [5.74, 6) is 1.93. The number of anilines is 1. The van der Waals surface area contributed by atoms with Crippen molar-refractivity contribution in [2.24, 2.45) is 5.92 Å². The minimum absolute atomic E-state index is 0.0457. The van der Waals surface area contributed by atoms with Gasteiger partial charge in [0.15, 0.2) is 11.5 Å². The number of benzene rings is 2. The lowest BCUT2D eigenvalue weighted by Crippen LogP contribution is -2.48. The highest BCUT2D eigenvalue weighted by molar-refractivity contribution is 5.89. The number of fused-ring (bicyclic) bond motifs is 1. The predicted octanol–water partition coefficient (Wildman–Crippen LogP) is 3.75. The lowest BCUT2D eigenvalue weighted by Gasteiger charge is -2.42. The summed E-state index contributed by atoms with van der Waals surface area (Å²) in [5, 5.41) is 15.1. The Balaban J connectivity index is 1.47. The topological polar surface area (TPSA) is 86.6 Å². The van der Waals surface area contributed by atoms with E-state index in [0.717, 1.165) is 43.9 Å². The maximum atomic E-state index is 12.6. The Hall–Kier alpha value is -3.24. The van der Waals surface area contributed by atoms with Gasteiger partial charge in [-0.25, -0.2) is 4.79 Å². The van der Waals surface area contributed by atoms with Crippen LogP contribution in [0.15, 0.2) is 42.5 Å². The van der Waals surface area contributed by atoms with E-state index in [4.69, 9.17) is 14.7 Å². The van der Waals surface area contributed by atoms with E-state index >= 15 is 0 Å². The van der Waals surface area contributed by atoms with Gasteiger partial charge >= 0.3 is 6.03 Å². The summed E-state index contributed by atoms with van der Waals surface area (Å²) < 4.78 is 11.0. The molecule has 1 aliphatic heterocycles. The molecule has 2 aromatic rings. The normalized spacial score (nSPS) is 24.8. The van der Waals surface area contributed by atoms with Gasteiger partial charge in [-0.05, 0) is 68.1 Å². The van der Waals surface area contributed by atoms with Crippen LogP contribution in [-0.4, -0.2) is 51.3 Å². The number of likely N-dealkylation sites (N-methyl/N-ethyl adjacent to an activating group) is 1. The van der Waals surface area contributed by atoms with Gasteiger partial charge < -0.3 is 25.0 Å². The van der Waals surface area contributed by atoms with Crippen molar-refractivity contribution in [1.82, 2.24) is 10.2 Å². The van der Waals surface area contributed by atoms with Crippen molar-refractivity contribution in [2.75, 3.05) is 39.7 Å². The summed E-state index contributed by atoms with van der Waals surface area (Å²) in [5.41, 5.74) is 2.47. The number of hydrogen-bond acceptors (Lipinski definition) is 5. The van der Waals surface area contributed by atoms with Gasteiger partial charge in [0.2, 0.25) is 0 Å². The van der Waals surface area contributed by atoms with Crippen LogP contribution >= 0.6 is 0 Å². The lowest BCUT2D eigenvalue weighted by atomic mass is 9.63. The first kappa shape index (κ1) is 22.0. The first-order chi connectivity index (χ1) is 15.5. The van der Waals surface area contributed by atoms with Crippen LogP contribution < -0.4 is 20.1 Å². The maximum Gasteiger partial charge on any atom is 0.319 e. The van der Waals surface area contributed by atoms with Crippen molar-refractivity contribution in [2.45, 2.75) is 30.7 Å². The standard InChI is InChI=1S/C25H30N4O3/c1-29-15-19-12-21(28-24(30)27-20-6-4-5-17(11-20)14-26)9-10-25(19,16-29)18-7-8-22(31-2)23(13-18)32-3/h4-8,11,13,19,21H,9-10,12,15-16H2,1-3H3,(H2,27,28,30)/t19-,21+,25-/m1/s1. The summed E-state index contributed by atoms with van der Waals surface area (Å²) in [6, 6.07) is 15.2. The molecule has 2 N–H and O–H groups in total. The van der Waals surface area contributed by atoms with Gasteiger partial charge in [-0.15, -0.1) is 0 Å². The van der Waals surface area contributed by atoms with E-state index in [1.165, 1.54) is 5.56 Å². The highest BCUT2D eigenvalue weighted by Gasteiger charge is 2.50. The summed E-state index contributed by atoms with van der Waals surface area (Å²) in [4.78, 5) is 15.0.